The number of aliphatic hydroxyl groups excluding tert-OH is 1. The largest absolute Gasteiger partial charge is 0.508 e. The van der Waals surface area contributed by atoms with Crippen molar-refractivity contribution in [2.24, 2.45) is 17.8 Å². The third-order valence-corrected chi connectivity index (χ3v) is 11.8. The molecule has 3 aliphatic carbocycles. The van der Waals surface area contributed by atoms with Crippen LogP contribution in [-0.4, -0.2) is 27.4 Å². The zero-order chi connectivity index (χ0) is 33.1. The van der Waals surface area contributed by atoms with E-state index in [0.717, 1.165) is 81.3 Å². The number of aliphatic hydroxyl groups is 1. The van der Waals surface area contributed by atoms with Gasteiger partial charge in [-0.25, -0.2) is 0 Å². The number of carboxylic acids is 1. The molecule has 47 heavy (non-hydrogen) atoms. The maximum absolute atomic E-state index is 12.9. The van der Waals surface area contributed by atoms with Crippen LogP contribution in [0, 0.1) is 17.8 Å². The standard InChI is InChI=1S/C43H60O4/c1-2-3-6-21-36-30-35(25-26-41(36)45)39-29-33-18-13-22-37(28-33)43(27-14-23-38(44)31-43)40(42(46)47)24-12-11-20-34(39)19-8-5-4-7-15-32-16-9-10-17-32/h9,11-13,16,18,22,25-26,28,30,32,34,38-40,44-45H,2-8,10,14-15,17,19-21,23-24,27,29,31H2,1H3,(H,46,47). The van der Waals surface area contributed by atoms with E-state index in [-0.39, 0.29) is 0 Å². The van der Waals surface area contributed by atoms with Crippen molar-refractivity contribution in [1.82, 2.24) is 0 Å². The average molecular weight is 641 g/mol. The molecule has 0 amide bonds. The molecule has 4 nitrogen and oxygen atoms in total. The Morgan fingerprint density at radius 1 is 0.915 bits per heavy atom. The van der Waals surface area contributed by atoms with Gasteiger partial charge in [-0.2, -0.15) is 0 Å². The van der Waals surface area contributed by atoms with Crippen molar-refractivity contribution < 1.29 is 20.1 Å². The Balaban J connectivity index is 1.44. The van der Waals surface area contributed by atoms with Gasteiger partial charge in [0.05, 0.1) is 12.0 Å². The number of phenols is 1. The van der Waals surface area contributed by atoms with Crippen LogP contribution >= 0.6 is 0 Å². The molecule has 0 aromatic heterocycles. The fourth-order valence-corrected chi connectivity index (χ4v) is 9.13. The maximum atomic E-state index is 12.9. The van der Waals surface area contributed by atoms with Crippen molar-refractivity contribution >= 4 is 5.97 Å². The number of rotatable bonds is 13. The van der Waals surface area contributed by atoms with Crippen molar-refractivity contribution in [3.63, 3.8) is 0 Å². The summed E-state index contributed by atoms with van der Waals surface area (Å²) < 4.78 is 0. The summed E-state index contributed by atoms with van der Waals surface area (Å²) in [5.41, 5.74) is 4.13. The Bertz CT molecular complexity index is 1340. The lowest BCUT2D eigenvalue weighted by Gasteiger charge is -2.44. The van der Waals surface area contributed by atoms with Gasteiger partial charge in [-0.15, -0.1) is 0 Å². The van der Waals surface area contributed by atoms with Crippen molar-refractivity contribution in [3.8, 4) is 5.75 Å². The quantitative estimate of drug-likeness (QED) is 0.150. The lowest BCUT2D eigenvalue weighted by molar-refractivity contribution is -0.145. The van der Waals surface area contributed by atoms with Gasteiger partial charge in [-0.3, -0.25) is 4.79 Å². The van der Waals surface area contributed by atoms with E-state index >= 15 is 0 Å². The number of unbranched alkanes of at least 4 members (excludes halogenated alkanes) is 5. The van der Waals surface area contributed by atoms with E-state index in [4.69, 9.17) is 0 Å². The molecule has 256 valence electrons. The van der Waals surface area contributed by atoms with Crippen LogP contribution in [0.2, 0.25) is 0 Å². The topological polar surface area (TPSA) is 77.8 Å². The number of aliphatic carboxylic acids is 1. The predicted octanol–water partition coefficient (Wildman–Crippen LogP) is 10.6. The van der Waals surface area contributed by atoms with Gasteiger partial charge in [0.15, 0.2) is 0 Å². The number of aromatic hydroxyl groups is 1. The highest BCUT2D eigenvalue weighted by molar-refractivity contribution is 5.73. The van der Waals surface area contributed by atoms with E-state index in [9.17, 15) is 20.1 Å². The van der Waals surface area contributed by atoms with Gasteiger partial charge in [0, 0.05) is 5.41 Å². The fraction of sp³-hybridized carbons (Fsp3) is 0.605. The van der Waals surface area contributed by atoms with Gasteiger partial charge < -0.3 is 15.3 Å². The van der Waals surface area contributed by atoms with E-state index in [2.05, 4.69) is 67.6 Å². The van der Waals surface area contributed by atoms with Gasteiger partial charge in [-0.05, 0) is 130 Å². The van der Waals surface area contributed by atoms with E-state index in [1.54, 1.807) is 0 Å². The second-order valence-corrected chi connectivity index (χ2v) is 15.1. The summed E-state index contributed by atoms with van der Waals surface area (Å²) in [6.45, 7) is 2.22. The molecule has 2 bridgehead atoms. The lowest BCUT2D eigenvalue weighted by atomic mass is 9.60. The molecule has 2 aromatic rings. The van der Waals surface area contributed by atoms with Gasteiger partial charge in [0.2, 0.25) is 0 Å². The highest BCUT2D eigenvalue weighted by atomic mass is 16.4. The molecule has 0 aliphatic heterocycles. The summed E-state index contributed by atoms with van der Waals surface area (Å²) in [6, 6.07) is 15.1. The van der Waals surface area contributed by atoms with E-state index in [1.165, 1.54) is 56.1 Å². The Morgan fingerprint density at radius 3 is 2.51 bits per heavy atom. The molecule has 1 fully saturated rings. The Morgan fingerprint density at radius 2 is 1.74 bits per heavy atom. The van der Waals surface area contributed by atoms with Gasteiger partial charge >= 0.3 is 5.97 Å². The summed E-state index contributed by atoms with van der Waals surface area (Å²) in [6.07, 6.45) is 28.3. The fourth-order valence-electron chi connectivity index (χ4n) is 9.13. The van der Waals surface area contributed by atoms with Crippen LogP contribution in [0.1, 0.15) is 144 Å². The molecule has 2 aromatic carbocycles. The van der Waals surface area contributed by atoms with Crippen LogP contribution in [-0.2, 0) is 23.1 Å². The molecule has 5 rings (SSSR count). The zero-order valence-electron chi connectivity index (χ0n) is 28.9. The Hall–Kier alpha value is -2.85. The first-order valence-corrected chi connectivity index (χ1v) is 19.0. The number of hydrogen-bond donors (Lipinski definition) is 3. The number of benzene rings is 2. The summed E-state index contributed by atoms with van der Waals surface area (Å²) in [7, 11) is 0. The number of carboxylic acid groups (broad SMARTS) is 1. The van der Waals surface area contributed by atoms with Crippen molar-refractivity contribution in [2.75, 3.05) is 0 Å². The van der Waals surface area contributed by atoms with Crippen LogP contribution < -0.4 is 0 Å². The first-order chi connectivity index (χ1) is 22.9. The van der Waals surface area contributed by atoms with Crippen LogP contribution in [0.5, 0.6) is 5.75 Å². The third kappa shape index (κ3) is 9.40. The molecule has 0 heterocycles. The number of fused-ring (bicyclic) bond motifs is 3. The highest BCUT2D eigenvalue weighted by Crippen LogP contribution is 2.48. The van der Waals surface area contributed by atoms with E-state index in [1.807, 2.05) is 6.07 Å². The summed E-state index contributed by atoms with van der Waals surface area (Å²) >= 11 is 0. The molecule has 0 saturated heterocycles. The molecule has 4 heteroatoms. The SMILES string of the molecule is CCCCCc1cc(C2Cc3cccc(c3)C3(CCCC(O)C3)C(C(=O)O)CC=CCC2CCCCCCC2C=CCC2)ccc1O. The minimum absolute atomic E-state index is 0.298. The molecular formula is C43H60O4. The predicted molar refractivity (Wildman–Crippen MR) is 193 cm³/mol. The molecule has 1 spiro atoms. The van der Waals surface area contributed by atoms with Gasteiger partial charge in [-0.1, -0.05) is 106 Å². The van der Waals surface area contributed by atoms with Crippen LogP contribution in [0.4, 0.5) is 0 Å². The van der Waals surface area contributed by atoms with Crippen molar-refractivity contribution in [2.45, 2.75) is 146 Å². The minimum atomic E-state index is -0.756. The average Bonchev–Trinajstić information content (AvgIpc) is 3.58. The van der Waals surface area contributed by atoms with Crippen molar-refractivity contribution in [3.05, 3.63) is 89.0 Å². The number of hydrogen-bond acceptors (Lipinski definition) is 3. The van der Waals surface area contributed by atoms with E-state index < -0.39 is 23.4 Å². The van der Waals surface area contributed by atoms with Gasteiger partial charge in [0.25, 0.3) is 0 Å². The molecule has 6 atom stereocenters. The first-order valence-electron chi connectivity index (χ1n) is 19.0. The molecule has 6 unspecified atom stereocenters. The van der Waals surface area contributed by atoms with Crippen molar-refractivity contribution in [1.29, 1.82) is 0 Å². The molecule has 0 radical (unpaired) electrons. The smallest absolute Gasteiger partial charge is 0.307 e. The molecule has 1 saturated carbocycles. The molecular weight excluding hydrogens is 580 g/mol. The maximum Gasteiger partial charge on any atom is 0.307 e. The second-order valence-electron chi connectivity index (χ2n) is 15.1. The minimum Gasteiger partial charge on any atom is -0.508 e. The monoisotopic (exact) mass is 640 g/mol. The van der Waals surface area contributed by atoms with Crippen LogP contribution in [0.25, 0.3) is 0 Å². The molecule has 3 N–H and O–H groups in total. The lowest BCUT2D eigenvalue weighted by Crippen LogP contribution is -2.45. The first kappa shape index (κ1) is 35.5. The van der Waals surface area contributed by atoms with Crippen LogP contribution in [0.3, 0.4) is 0 Å². The zero-order valence-corrected chi connectivity index (χ0v) is 28.9. The van der Waals surface area contributed by atoms with E-state index in [0.29, 0.717) is 30.4 Å². The summed E-state index contributed by atoms with van der Waals surface area (Å²) in [5.74, 6) is 0.605. The normalized spacial score (nSPS) is 27.8. The summed E-state index contributed by atoms with van der Waals surface area (Å²) in [5, 5.41) is 32.2. The second kappa shape index (κ2) is 17.5. The summed E-state index contributed by atoms with van der Waals surface area (Å²) in [4.78, 5) is 12.9. The number of phenolic OH excluding ortho intramolecular Hbond substituents is 1. The van der Waals surface area contributed by atoms with Crippen LogP contribution in [0.15, 0.2) is 66.8 Å². The Labute approximate surface area is 284 Å². The number of carbonyl (C=O) groups is 1. The highest BCUT2D eigenvalue weighted by Gasteiger charge is 2.47. The number of allylic oxidation sites excluding steroid dienone is 4. The Kier molecular flexibility index (Phi) is 13.2. The molecule has 3 aliphatic rings. The van der Waals surface area contributed by atoms with Gasteiger partial charge in [0.1, 0.15) is 5.75 Å². The third-order valence-electron chi connectivity index (χ3n) is 11.8. The number of aryl methyl sites for hydroxylation is 1.